The van der Waals surface area contributed by atoms with Gasteiger partial charge in [0, 0.05) is 12.6 Å². The van der Waals surface area contributed by atoms with Crippen LogP contribution in [0.4, 0.5) is 0 Å². The summed E-state index contributed by atoms with van der Waals surface area (Å²) in [5, 5.41) is 4.83. The molecule has 26 heavy (non-hydrogen) atoms. The van der Waals surface area contributed by atoms with Crippen molar-refractivity contribution >= 4 is 28.7 Å². The van der Waals surface area contributed by atoms with E-state index < -0.39 is 5.97 Å². The van der Waals surface area contributed by atoms with Gasteiger partial charge in [-0.2, -0.15) is 0 Å². The third kappa shape index (κ3) is 6.24. The van der Waals surface area contributed by atoms with Crippen molar-refractivity contribution < 1.29 is 19.1 Å². The summed E-state index contributed by atoms with van der Waals surface area (Å²) >= 11 is 0. The quantitative estimate of drug-likeness (QED) is 0.581. The summed E-state index contributed by atoms with van der Waals surface area (Å²) in [5.41, 5.74) is 0.876. The minimum atomic E-state index is -0.543. The average Bonchev–Trinajstić information content (AvgIpc) is 2.63. The van der Waals surface area contributed by atoms with E-state index in [4.69, 9.17) is 9.47 Å². The molecular weight excluding hydrogens is 330 g/mol. The number of esters is 1. The maximum Gasteiger partial charge on any atom is 0.331 e. The van der Waals surface area contributed by atoms with E-state index in [-0.39, 0.29) is 12.5 Å². The highest BCUT2D eigenvalue weighted by Gasteiger charge is 2.05. The maximum atomic E-state index is 11.7. The molecule has 0 atom stereocenters. The van der Waals surface area contributed by atoms with Crippen LogP contribution in [0.2, 0.25) is 0 Å². The van der Waals surface area contributed by atoms with Gasteiger partial charge in [-0.05, 0) is 52.9 Å². The highest BCUT2D eigenvalue weighted by molar-refractivity contribution is 5.91. The van der Waals surface area contributed by atoms with Crippen LogP contribution in [-0.4, -0.2) is 32.1 Å². The molecule has 5 nitrogen and oxygen atoms in total. The van der Waals surface area contributed by atoms with E-state index in [1.54, 1.807) is 13.2 Å². The Morgan fingerprint density at radius 1 is 1.12 bits per heavy atom. The van der Waals surface area contributed by atoms with Gasteiger partial charge < -0.3 is 14.8 Å². The first-order chi connectivity index (χ1) is 12.5. The van der Waals surface area contributed by atoms with E-state index in [0.717, 1.165) is 28.5 Å². The Morgan fingerprint density at radius 3 is 2.58 bits per heavy atom. The van der Waals surface area contributed by atoms with E-state index in [0.29, 0.717) is 12.5 Å². The standard InChI is InChI=1S/C21H25NO4/c1-15(2)10-11-22-20(23)14-26-21(24)9-5-16-4-6-18-13-19(25-3)8-7-17(18)12-16/h4-9,12-13,15H,10-11,14H2,1-3H3,(H,22,23)/b9-5+. The Bertz CT molecular complexity index is 796. The molecule has 0 unspecified atom stereocenters. The summed E-state index contributed by atoms with van der Waals surface area (Å²) in [6.45, 7) is 4.49. The molecule has 2 aromatic carbocycles. The van der Waals surface area contributed by atoms with Crippen molar-refractivity contribution in [3.8, 4) is 5.75 Å². The zero-order valence-electron chi connectivity index (χ0n) is 15.5. The lowest BCUT2D eigenvalue weighted by molar-refractivity contribution is -0.143. The molecule has 0 aromatic heterocycles. The fraction of sp³-hybridized carbons (Fsp3) is 0.333. The third-order valence-corrected chi connectivity index (χ3v) is 3.87. The predicted molar refractivity (Wildman–Crippen MR) is 103 cm³/mol. The first-order valence-electron chi connectivity index (χ1n) is 8.67. The van der Waals surface area contributed by atoms with Crippen LogP contribution >= 0.6 is 0 Å². The van der Waals surface area contributed by atoms with Crippen LogP contribution in [0.25, 0.3) is 16.8 Å². The lowest BCUT2D eigenvalue weighted by Gasteiger charge is -2.07. The molecule has 5 heteroatoms. The van der Waals surface area contributed by atoms with E-state index in [2.05, 4.69) is 19.2 Å². The summed E-state index contributed by atoms with van der Waals surface area (Å²) in [5.74, 6) is 0.491. The van der Waals surface area contributed by atoms with E-state index in [9.17, 15) is 9.59 Å². The van der Waals surface area contributed by atoms with Crippen LogP contribution in [0.3, 0.4) is 0 Å². The zero-order valence-corrected chi connectivity index (χ0v) is 15.5. The Kier molecular flexibility index (Phi) is 7.21. The van der Waals surface area contributed by atoms with E-state index in [1.165, 1.54) is 6.08 Å². The molecule has 0 radical (unpaired) electrons. The van der Waals surface area contributed by atoms with Gasteiger partial charge in [-0.25, -0.2) is 4.79 Å². The fourth-order valence-electron chi connectivity index (χ4n) is 2.37. The summed E-state index contributed by atoms with van der Waals surface area (Å²) in [4.78, 5) is 23.3. The summed E-state index contributed by atoms with van der Waals surface area (Å²) in [7, 11) is 1.63. The molecule has 0 saturated carbocycles. The van der Waals surface area contributed by atoms with Gasteiger partial charge in [-0.15, -0.1) is 0 Å². The molecule has 0 aliphatic heterocycles. The summed E-state index contributed by atoms with van der Waals surface area (Å²) in [6, 6.07) is 11.6. The Labute approximate surface area is 154 Å². The lowest BCUT2D eigenvalue weighted by Crippen LogP contribution is -2.29. The molecule has 2 rings (SSSR count). The molecular formula is C21H25NO4. The van der Waals surface area contributed by atoms with Gasteiger partial charge in [0.1, 0.15) is 5.75 Å². The minimum Gasteiger partial charge on any atom is -0.497 e. The number of benzene rings is 2. The van der Waals surface area contributed by atoms with Crippen LogP contribution in [0.5, 0.6) is 5.75 Å². The summed E-state index contributed by atoms with van der Waals surface area (Å²) in [6.07, 6.45) is 3.89. The molecule has 0 spiro atoms. The zero-order chi connectivity index (χ0) is 18.9. The number of hydrogen-bond donors (Lipinski definition) is 1. The monoisotopic (exact) mass is 355 g/mol. The number of hydrogen-bond acceptors (Lipinski definition) is 4. The first kappa shape index (κ1) is 19.5. The number of rotatable bonds is 8. The Morgan fingerprint density at radius 2 is 1.85 bits per heavy atom. The Hall–Kier alpha value is -2.82. The second kappa shape index (κ2) is 9.61. The molecule has 0 bridgehead atoms. The predicted octanol–water partition coefficient (Wildman–Crippen LogP) is 3.57. The highest BCUT2D eigenvalue weighted by Crippen LogP contribution is 2.22. The van der Waals surface area contributed by atoms with Crippen molar-refractivity contribution in [2.24, 2.45) is 5.92 Å². The molecule has 0 aliphatic rings. The lowest BCUT2D eigenvalue weighted by atomic mass is 10.1. The smallest absolute Gasteiger partial charge is 0.331 e. The molecule has 2 aromatic rings. The molecule has 0 fully saturated rings. The number of carbonyl (C=O) groups is 2. The molecule has 0 heterocycles. The van der Waals surface area contributed by atoms with Gasteiger partial charge in [0.15, 0.2) is 6.61 Å². The van der Waals surface area contributed by atoms with Gasteiger partial charge in [0.2, 0.25) is 0 Å². The van der Waals surface area contributed by atoms with Crippen LogP contribution < -0.4 is 10.1 Å². The maximum absolute atomic E-state index is 11.7. The molecule has 0 saturated heterocycles. The highest BCUT2D eigenvalue weighted by atomic mass is 16.5. The largest absolute Gasteiger partial charge is 0.497 e. The van der Waals surface area contributed by atoms with Crippen molar-refractivity contribution in [3.05, 3.63) is 48.0 Å². The van der Waals surface area contributed by atoms with Gasteiger partial charge in [-0.3, -0.25) is 4.79 Å². The number of fused-ring (bicyclic) bond motifs is 1. The summed E-state index contributed by atoms with van der Waals surface area (Å²) < 4.78 is 10.2. The number of carbonyl (C=O) groups excluding carboxylic acids is 2. The van der Waals surface area contributed by atoms with E-state index >= 15 is 0 Å². The number of methoxy groups -OCH3 is 1. The second-order valence-electron chi connectivity index (χ2n) is 6.45. The first-order valence-corrected chi connectivity index (χ1v) is 8.67. The van der Waals surface area contributed by atoms with Crippen LogP contribution in [0, 0.1) is 5.92 Å². The molecule has 1 amide bonds. The van der Waals surface area contributed by atoms with E-state index in [1.807, 2.05) is 36.4 Å². The fourth-order valence-corrected chi connectivity index (χ4v) is 2.37. The van der Waals surface area contributed by atoms with Crippen molar-refractivity contribution in [3.63, 3.8) is 0 Å². The van der Waals surface area contributed by atoms with Gasteiger partial charge in [0.25, 0.3) is 5.91 Å². The van der Waals surface area contributed by atoms with Crippen molar-refractivity contribution in [2.45, 2.75) is 20.3 Å². The minimum absolute atomic E-state index is 0.265. The molecule has 1 N–H and O–H groups in total. The molecule has 0 aliphatic carbocycles. The average molecular weight is 355 g/mol. The SMILES string of the molecule is COc1ccc2cc(/C=C/C(=O)OCC(=O)NCCC(C)C)ccc2c1. The number of amides is 1. The number of ether oxygens (including phenoxy) is 2. The van der Waals surface area contributed by atoms with Crippen molar-refractivity contribution in [1.82, 2.24) is 5.32 Å². The molecule has 138 valence electrons. The van der Waals surface area contributed by atoms with Crippen molar-refractivity contribution in [1.29, 1.82) is 0 Å². The number of nitrogens with one attached hydrogen (secondary N) is 1. The Balaban J connectivity index is 1.85. The van der Waals surface area contributed by atoms with Crippen LogP contribution in [0.15, 0.2) is 42.5 Å². The normalized spacial score (nSPS) is 11.1. The topological polar surface area (TPSA) is 64.6 Å². The van der Waals surface area contributed by atoms with Crippen LogP contribution in [-0.2, 0) is 14.3 Å². The van der Waals surface area contributed by atoms with Gasteiger partial charge >= 0.3 is 5.97 Å². The van der Waals surface area contributed by atoms with Crippen molar-refractivity contribution in [2.75, 3.05) is 20.3 Å². The van der Waals surface area contributed by atoms with Crippen LogP contribution in [0.1, 0.15) is 25.8 Å². The van der Waals surface area contributed by atoms with Gasteiger partial charge in [0.05, 0.1) is 7.11 Å². The van der Waals surface area contributed by atoms with Gasteiger partial charge in [-0.1, -0.05) is 32.0 Å². The third-order valence-electron chi connectivity index (χ3n) is 3.87. The second-order valence-corrected chi connectivity index (χ2v) is 6.45.